The summed E-state index contributed by atoms with van der Waals surface area (Å²) < 4.78 is 3.08. The van der Waals surface area contributed by atoms with Gasteiger partial charge < -0.3 is 5.32 Å². The Morgan fingerprint density at radius 1 is 1.13 bits per heavy atom. The van der Waals surface area contributed by atoms with Gasteiger partial charge in [-0.25, -0.2) is 4.79 Å². The highest BCUT2D eigenvalue weighted by Gasteiger charge is 2.20. The number of carbonyl (C=O) groups is 1. The van der Waals surface area contributed by atoms with Crippen molar-refractivity contribution in [2.24, 2.45) is 0 Å². The van der Waals surface area contributed by atoms with Crippen molar-refractivity contribution in [3.63, 3.8) is 0 Å². The fourth-order valence-electron chi connectivity index (χ4n) is 4.33. The average Bonchev–Trinajstić information content (AvgIpc) is 3.19. The number of nitrogens with one attached hydrogen (secondary N) is 1. The van der Waals surface area contributed by atoms with E-state index in [-0.39, 0.29) is 29.9 Å². The summed E-state index contributed by atoms with van der Waals surface area (Å²) in [5.74, 6) is -0.435. The van der Waals surface area contributed by atoms with E-state index in [0.717, 1.165) is 30.6 Å². The van der Waals surface area contributed by atoms with Crippen LogP contribution in [-0.4, -0.2) is 26.6 Å². The van der Waals surface area contributed by atoms with Crippen molar-refractivity contribution in [1.29, 1.82) is 0 Å². The molecule has 1 N–H and O–H groups in total. The van der Waals surface area contributed by atoms with Crippen LogP contribution in [0, 0.1) is 20.8 Å². The molecule has 0 spiro atoms. The minimum Gasteiger partial charge on any atom is -0.350 e. The number of benzene rings is 1. The zero-order chi connectivity index (χ0) is 22.1. The van der Waals surface area contributed by atoms with Crippen molar-refractivity contribution < 1.29 is 4.79 Å². The van der Waals surface area contributed by atoms with Crippen molar-refractivity contribution in [2.45, 2.75) is 46.6 Å². The fourth-order valence-corrected chi connectivity index (χ4v) is 4.33. The van der Waals surface area contributed by atoms with Crippen molar-refractivity contribution in [3.8, 4) is 5.69 Å². The highest BCUT2D eigenvalue weighted by atomic mass is 16.2. The van der Waals surface area contributed by atoms with Gasteiger partial charge in [0, 0.05) is 30.7 Å². The number of nitrogens with zero attached hydrogens (tertiary/aromatic N) is 3. The van der Waals surface area contributed by atoms with E-state index in [1.165, 1.54) is 15.7 Å². The number of carbonyl (C=O) groups excluding carboxylic acids is 1. The molecule has 0 bridgehead atoms. The quantitative estimate of drug-likeness (QED) is 0.689. The molecule has 7 nitrogen and oxygen atoms in total. The summed E-state index contributed by atoms with van der Waals surface area (Å²) in [6, 6.07) is 9.61. The number of hydrogen-bond acceptors (Lipinski definition) is 4. The van der Waals surface area contributed by atoms with E-state index in [2.05, 4.69) is 16.4 Å². The summed E-state index contributed by atoms with van der Waals surface area (Å²) in [4.78, 5) is 42.2. The van der Waals surface area contributed by atoms with Gasteiger partial charge in [0.1, 0.15) is 5.56 Å². The number of pyridine rings is 1. The maximum Gasteiger partial charge on any atom is 0.348 e. The van der Waals surface area contributed by atoms with Gasteiger partial charge in [0.2, 0.25) is 0 Å². The minimum absolute atomic E-state index is 0.129. The maximum atomic E-state index is 13.2. The van der Waals surface area contributed by atoms with Gasteiger partial charge in [-0.1, -0.05) is 12.1 Å². The summed E-state index contributed by atoms with van der Waals surface area (Å²) in [6.45, 7) is 5.87. The summed E-state index contributed by atoms with van der Waals surface area (Å²) in [7, 11) is 0. The number of hydrogen-bond donors (Lipinski definition) is 1. The normalized spacial score (nSPS) is 12.6. The molecule has 160 valence electrons. The molecule has 4 rings (SSSR count). The molecule has 7 heteroatoms. The van der Waals surface area contributed by atoms with Crippen molar-refractivity contribution in [3.05, 3.63) is 91.0 Å². The van der Waals surface area contributed by atoms with Crippen LogP contribution in [0.25, 0.3) is 5.69 Å². The number of aromatic nitrogens is 3. The standard InChI is InChI=1S/C24H26N4O3/c1-15-10-12-28(20-9-5-7-18-6-4-8-19(18)20)23(30)21(15)22(29)25-11-13-27-17(3)14-16(2)26-24(27)31/h5,7,9-10,12,14H,4,6,8,11,13H2,1-3H3,(H,25,29). The van der Waals surface area contributed by atoms with Crippen LogP contribution in [0.5, 0.6) is 0 Å². The molecule has 0 radical (unpaired) electrons. The molecule has 0 aliphatic heterocycles. The van der Waals surface area contributed by atoms with Crippen LogP contribution in [0.4, 0.5) is 0 Å². The van der Waals surface area contributed by atoms with Gasteiger partial charge in [-0.05, 0) is 74.9 Å². The van der Waals surface area contributed by atoms with E-state index in [0.29, 0.717) is 11.3 Å². The van der Waals surface area contributed by atoms with Gasteiger partial charge in [0.25, 0.3) is 11.5 Å². The topological polar surface area (TPSA) is 86.0 Å². The summed E-state index contributed by atoms with van der Waals surface area (Å²) in [5.41, 5.74) is 4.82. The van der Waals surface area contributed by atoms with Gasteiger partial charge in [0.05, 0.1) is 5.69 Å². The zero-order valence-electron chi connectivity index (χ0n) is 18.1. The van der Waals surface area contributed by atoms with Crippen LogP contribution >= 0.6 is 0 Å². The summed E-state index contributed by atoms with van der Waals surface area (Å²) in [6.07, 6.45) is 4.77. The van der Waals surface area contributed by atoms with Crippen LogP contribution in [0.2, 0.25) is 0 Å². The van der Waals surface area contributed by atoms with Crippen LogP contribution in [0.1, 0.15) is 44.9 Å². The Morgan fingerprint density at radius 2 is 1.94 bits per heavy atom. The molecule has 0 unspecified atom stereocenters. The lowest BCUT2D eigenvalue weighted by Crippen LogP contribution is -2.37. The van der Waals surface area contributed by atoms with Gasteiger partial charge in [-0.3, -0.25) is 18.7 Å². The highest BCUT2D eigenvalue weighted by molar-refractivity contribution is 5.95. The summed E-state index contributed by atoms with van der Waals surface area (Å²) in [5, 5.41) is 2.79. The van der Waals surface area contributed by atoms with E-state index in [1.54, 1.807) is 30.7 Å². The first kappa shape index (κ1) is 20.8. The van der Waals surface area contributed by atoms with Gasteiger partial charge in [-0.15, -0.1) is 0 Å². The number of amides is 1. The molecule has 1 aliphatic rings. The molecule has 31 heavy (non-hydrogen) atoms. The Morgan fingerprint density at radius 3 is 2.71 bits per heavy atom. The smallest absolute Gasteiger partial charge is 0.348 e. The monoisotopic (exact) mass is 418 g/mol. The first-order valence-corrected chi connectivity index (χ1v) is 10.5. The molecule has 2 heterocycles. The lowest BCUT2D eigenvalue weighted by atomic mass is 10.1. The zero-order valence-corrected chi connectivity index (χ0v) is 18.1. The average molecular weight is 418 g/mol. The van der Waals surface area contributed by atoms with Gasteiger partial charge >= 0.3 is 5.69 Å². The minimum atomic E-state index is -0.435. The predicted octanol–water partition coefficient (Wildman–Crippen LogP) is 2.24. The lowest BCUT2D eigenvalue weighted by molar-refractivity contribution is 0.0949. The Balaban J connectivity index is 1.58. The second kappa shape index (κ2) is 8.34. The first-order chi connectivity index (χ1) is 14.9. The molecule has 1 amide bonds. The van der Waals surface area contributed by atoms with Crippen LogP contribution in [0.3, 0.4) is 0 Å². The highest BCUT2D eigenvalue weighted by Crippen LogP contribution is 2.27. The molecule has 0 fully saturated rings. The van der Waals surface area contributed by atoms with E-state index < -0.39 is 5.91 Å². The van der Waals surface area contributed by atoms with E-state index in [1.807, 2.05) is 25.1 Å². The molecular weight excluding hydrogens is 392 g/mol. The van der Waals surface area contributed by atoms with Crippen molar-refractivity contribution in [2.75, 3.05) is 6.54 Å². The van der Waals surface area contributed by atoms with Crippen LogP contribution < -0.4 is 16.6 Å². The third kappa shape index (κ3) is 3.95. The number of fused-ring (bicyclic) bond motifs is 1. The van der Waals surface area contributed by atoms with Crippen molar-refractivity contribution in [1.82, 2.24) is 19.4 Å². The molecule has 1 aromatic carbocycles. The molecule has 0 atom stereocenters. The Hall–Kier alpha value is -3.48. The largest absolute Gasteiger partial charge is 0.350 e. The third-order valence-electron chi connectivity index (χ3n) is 5.88. The second-order valence-corrected chi connectivity index (χ2v) is 8.05. The predicted molar refractivity (Wildman–Crippen MR) is 119 cm³/mol. The van der Waals surface area contributed by atoms with Crippen LogP contribution in [0.15, 0.2) is 46.1 Å². The summed E-state index contributed by atoms with van der Waals surface area (Å²) >= 11 is 0. The molecule has 2 aromatic heterocycles. The first-order valence-electron chi connectivity index (χ1n) is 10.5. The van der Waals surface area contributed by atoms with E-state index in [4.69, 9.17) is 0 Å². The maximum absolute atomic E-state index is 13.2. The second-order valence-electron chi connectivity index (χ2n) is 8.05. The van der Waals surface area contributed by atoms with Crippen LogP contribution in [-0.2, 0) is 19.4 Å². The molecule has 3 aromatic rings. The molecular formula is C24H26N4O3. The molecule has 0 saturated heterocycles. The Kier molecular flexibility index (Phi) is 5.59. The number of aryl methyl sites for hydroxylation is 4. The van der Waals surface area contributed by atoms with Gasteiger partial charge in [-0.2, -0.15) is 4.98 Å². The van der Waals surface area contributed by atoms with E-state index in [9.17, 15) is 14.4 Å². The van der Waals surface area contributed by atoms with Crippen molar-refractivity contribution >= 4 is 5.91 Å². The Labute approximate surface area is 180 Å². The lowest BCUT2D eigenvalue weighted by Gasteiger charge is -2.15. The third-order valence-corrected chi connectivity index (χ3v) is 5.88. The SMILES string of the molecule is Cc1cc(C)n(CCNC(=O)c2c(C)ccn(-c3cccc4c3CCC4)c2=O)c(=O)n1. The Bertz CT molecular complexity index is 1290. The fraction of sp³-hybridized carbons (Fsp3) is 0.333. The molecule has 0 saturated carbocycles. The van der Waals surface area contributed by atoms with E-state index >= 15 is 0 Å². The number of rotatable bonds is 5. The molecule has 1 aliphatic carbocycles. The van der Waals surface area contributed by atoms with Gasteiger partial charge in [0.15, 0.2) is 0 Å².